The molecule has 0 bridgehead atoms. The molecule has 1 aromatic rings. The fraction of sp³-hybridized carbons (Fsp3) is 0.462. The maximum Gasteiger partial charge on any atom is 0.161 e. The molecule has 0 aliphatic carbocycles. The van der Waals surface area contributed by atoms with Gasteiger partial charge in [-0.25, -0.2) is 0 Å². The lowest BCUT2D eigenvalue weighted by molar-refractivity contribution is 0.0998. The number of fused-ring (bicyclic) bond motifs is 1. The highest BCUT2D eigenvalue weighted by atomic mass is 16.6. The second-order valence-corrected chi connectivity index (χ2v) is 4.22. The highest BCUT2D eigenvalue weighted by Gasteiger charge is 2.30. The van der Waals surface area contributed by atoms with E-state index in [9.17, 15) is 0 Å². The van der Waals surface area contributed by atoms with Crippen LogP contribution in [0.4, 0.5) is 0 Å². The molecule has 2 atom stereocenters. The summed E-state index contributed by atoms with van der Waals surface area (Å²) in [5.74, 6) is 1.46. The topological polar surface area (TPSA) is 51.5 Å². The standard InChI is InChI=1S/C13H13NO3/c14-8-10-3-4-17-13(10)9-1-2-11-12(7-9)16-6-5-15-11/h1-2,7,10,13H,3-6H2. The minimum atomic E-state index is -0.129. The van der Waals surface area contributed by atoms with E-state index >= 15 is 0 Å². The summed E-state index contributed by atoms with van der Waals surface area (Å²) in [5.41, 5.74) is 0.998. The Kier molecular flexibility index (Phi) is 2.62. The molecule has 0 radical (unpaired) electrons. The van der Waals surface area contributed by atoms with Gasteiger partial charge in [0, 0.05) is 6.61 Å². The summed E-state index contributed by atoms with van der Waals surface area (Å²) >= 11 is 0. The third kappa shape index (κ3) is 1.83. The maximum atomic E-state index is 9.05. The van der Waals surface area contributed by atoms with Crippen LogP contribution in [0, 0.1) is 17.2 Å². The molecule has 3 rings (SSSR count). The van der Waals surface area contributed by atoms with Crippen LogP contribution in [0.15, 0.2) is 18.2 Å². The molecule has 2 unspecified atom stereocenters. The Labute approximate surface area is 99.7 Å². The lowest BCUT2D eigenvalue weighted by atomic mass is 9.96. The Balaban J connectivity index is 1.91. The number of ether oxygens (including phenoxy) is 3. The van der Waals surface area contributed by atoms with Gasteiger partial charge in [-0.3, -0.25) is 0 Å². The predicted octanol–water partition coefficient (Wildman–Crippen LogP) is 2.06. The first-order valence-corrected chi connectivity index (χ1v) is 5.79. The molecule has 4 nitrogen and oxygen atoms in total. The molecule has 1 fully saturated rings. The van der Waals surface area contributed by atoms with E-state index in [4.69, 9.17) is 19.5 Å². The van der Waals surface area contributed by atoms with Gasteiger partial charge in [0.15, 0.2) is 11.5 Å². The first-order valence-electron chi connectivity index (χ1n) is 5.79. The largest absolute Gasteiger partial charge is 0.486 e. The molecule has 2 heterocycles. The maximum absolute atomic E-state index is 9.05. The highest BCUT2D eigenvalue weighted by Crippen LogP contribution is 2.38. The van der Waals surface area contributed by atoms with Gasteiger partial charge in [-0.15, -0.1) is 0 Å². The summed E-state index contributed by atoms with van der Waals surface area (Å²) in [6, 6.07) is 8.06. The molecule has 2 aliphatic heterocycles. The van der Waals surface area contributed by atoms with Crippen LogP contribution in [0.25, 0.3) is 0 Å². The molecule has 2 aliphatic rings. The van der Waals surface area contributed by atoms with Crippen LogP contribution < -0.4 is 9.47 Å². The van der Waals surface area contributed by atoms with Crippen LogP contribution in [-0.4, -0.2) is 19.8 Å². The quantitative estimate of drug-likeness (QED) is 0.742. The summed E-state index contributed by atoms with van der Waals surface area (Å²) in [7, 11) is 0. The number of benzene rings is 1. The first kappa shape index (κ1) is 10.4. The van der Waals surface area contributed by atoms with Crippen molar-refractivity contribution in [1.82, 2.24) is 0 Å². The minimum Gasteiger partial charge on any atom is -0.486 e. The normalized spacial score (nSPS) is 26.5. The second-order valence-electron chi connectivity index (χ2n) is 4.22. The third-order valence-electron chi connectivity index (χ3n) is 3.15. The zero-order chi connectivity index (χ0) is 11.7. The Morgan fingerprint density at radius 1 is 1.12 bits per heavy atom. The van der Waals surface area contributed by atoms with Gasteiger partial charge in [0.05, 0.1) is 18.1 Å². The lowest BCUT2D eigenvalue weighted by Gasteiger charge is -2.21. The van der Waals surface area contributed by atoms with Crippen molar-refractivity contribution in [2.45, 2.75) is 12.5 Å². The smallest absolute Gasteiger partial charge is 0.161 e. The van der Waals surface area contributed by atoms with E-state index in [0.717, 1.165) is 23.5 Å². The molecular formula is C13H13NO3. The fourth-order valence-corrected chi connectivity index (χ4v) is 2.29. The van der Waals surface area contributed by atoms with Gasteiger partial charge in [-0.1, -0.05) is 6.07 Å². The zero-order valence-corrected chi connectivity index (χ0v) is 9.39. The molecule has 88 valence electrons. The summed E-state index contributed by atoms with van der Waals surface area (Å²) in [5, 5.41) is 9.05. The molecule has 17 heavy (non-hydrogen) atoms. The molecule has 0 amide bonds. The molecular weight excluding hydrogens is 218 g/mol. The average Bonchev–Trinajstić information content (AvgIpc) is 2.86. The van der Waals surface area contributed by atoms with Crippen LogP contribution >= 0.6 is 0 Å². The average molecular weight is 231 g/mol. The van der Waals surface area contributed by atoms with Crippen LogP contribution in [0.2, 0.25) is 0 Å². The predicted molar refractivity (Wildman–Crippen MR) is 59.8 cm³/mol. The van der Waals surface area contributed by atoms with Crippen molar-refractivity contribution < 1.29 is 14.2 Å². The lowest BCUT2D eigenvalue weighted by Crippen LogP contribution is -2.16. The molecule has 0 N–H and O–H groups in total. The van der Waals surface area contributed by atoms with Gasteiger partial charge >= 0.3 is 0 Å². The fourth-order valence-electron chi connectivity index (χ4n) is 2.29. The van der Waals surface area contributed by atoms with E-state index in [-0.39, 0.29) is 12.0 Å². The second kappa shape index (κ2) is 4.27. The van der Waals surface area contributed by atoms with E-state index < -0.39 is 0 Å². The SMILES string of the molecule is N#CC1CCOC1c1ccc2c(c1)OCCO2. The van der Waals surface area contributed by atoms with Crippen LogP contribution in [0.5, 0.6) is 11.5 Å². The van der Waals surface area contributed by atoms with Crippen molar-refractivity contribution >= 4 is 0 Å². The van der Waals surface area contributed by atoms with E-state index in [1.54, 1.807) is 0 Å². The Hall–Kier alpha value is -1.73. The van der Waals surface area contributed by atoms with Crippen molar-refractivity contribution in [2.24, 2.45) is 5.92 Å². The highest BCUT2D eigenvalue weighted by molar-refractivity contribution is 5.44. The molecule has 1 aromatic carbocycles. The molecule has 0 saturated carbocycles. The summed E-state index contributed by atoms with van der Waals surface area (Å²) in [4.78, 5) is 0. The van der Waals surface area contributed by atoms with Crippen LogP contribution in [0.1, 0.15) is 18.1 Å². The van der Waals surface area contributed by atoms with Gasteiger partial charge in [-0.2, -0.15) is 5.26 Å². The number of rotatable bonds is 1. The Morgan fingerprint density at radius 3 is 2.76 bits per heavy atom. The van der Waals surface area contributed by atoms with Crippen molar-refractivity contribution in [2.75, 3.05) is 19.8 Å². The van der Waals surface area contributed by atoms with Crippen molar-refractivity contribution in [3.05, 3.63) is 23.8 Å². The van der Waals surface area contributed by atoms with E-state index in [0.29, 0.717) is 19.8 Å². The number of nitriles is 1. The van der Waals surface area contributed by atoms with Gasteiger partial charge in [0.2, 0.25) is 0 Å². The van der Waals surface area contributed by atoms with Crippen molar-refractivity contribution in [1.29, 1.82) is 5.26 Å². The monoisotopic (exact) mass is 231 g/mol. The van der Waals surface area contributed by atoms with Gasteiger partial charge < -0.3 is 14.2 Å². The van der Waals surface area contributed by atoms with Crippen molar-refractivity contribution in [3.63, 3.8) is 0 Å². The third-order valence-corrected chi connectivity index (χ3v) is 3.15. The first-order chi connectivity index (χ1) is 8.38. The van der Waals surface area contributed by atoms with E-state index in [2.05, 4.69) is 6.07 Å². The summed E-state index contributed by atoms with van der Waals surface area (Å²) in [6.07, 6.45) is 0.672. The number of nitrogens with zero attached hydrogens (tertiary/aromatic N) is 1. The van der Waals surface area contributed by atoms with Gasteiger partial charge in [0.1, 0.15) is 13.2 Å². The van der Waals surface area contributed by atoms with Gasteiger partial charge in [0.25, 0.3) is 0 Å². The van der Waals surface area contributed by atoms with E-state index in [1.807, 2.05) is 18.2 Å². The Morgan fingerprint density at radius 2 is 1.94 bits per heavy atom. The van der Waals surface area contributed by atoms with E-state index in [1.165, 1.54) is 0 Å². The zero-order valence-electron chi connectivity index (χ0n) is 9.39. The number of hydrogen-bond donors (Lipinski definition) is 0. The van der Waals surface area contributed by atoms with Crippen LogP contribution in [-0.2, 0) is 4.74 Å². The molecule has 0 aromatic heterocycles. The number of hydrogen-bond acceptors (Lipinski definition) is 4. The van der Waals surface area contributed by atoms with Crippen LogP contribution in [0.3, 0.4) is 0 Å². The molecule has 4 heteroatoms. The molecule has 0 spiro atoms. The summed E-state index contributed by atoms with van der Waals surface area (Å²) in [6.45, 7) is 1.81. The minimum absolute atomic E-state index is 0.0578. The molecule has 1 saturated heterocycles. The van der Waals surface area contributed by atoms with Crippen molar-refractivity contribution in [3.8, 4) is 17.6 Å². The Bertz CT molecular complexity index is 466. The summed E-state index contributed by atoms with van der Waals surface area (Å²) < 4.78 is 16.6. The van der Waals surface area contributed by atoms with Gasteiger partial charge in [-0.05, 0) is 24.1 Å².